The van der Waals surface area contributed by atoms with Crippen molar-refractivity contribution in [2.75, 3.05) is 13.1 Å². The summed E-state index contributed by atoms with van der Waals surface area (Å²) < 4.78 is 0. The van der Waals surface area contributed by atoms with Crippen LogP contribution in [0.3, 0.4) is 0 Å². The van der Waals surface area contributed by atoms with Gasteiger partial charge < -0.3 is 11.1 Å². The number of carbonyl (C=O) groups excluding carboxylic acids is 2. The maximum absolute atomic E-state index is 12.7. The Morgan fingerprint density at radius 1 is 1.38 bits per heavy atom. The van der Waals surface area contributed by atoms with Crippen molar-refractivity contribution in [3.05, 3.63) is 34.9 Å². The Hall–Kier alpha value is -1.68. The topological polar surface area (TPSA) is 72.2 Å². The zero-order valence-corrected chi connectivity index (χ0v) is 12.8. The van der Waals surface area contributed by atoms with Gasteiger partial charge in [-0.1, -0.05) is 32.4 Å². The summed E-state index contributed by atoms with van der Waals surface area (Å²) >= 11 is 0. The largest absolute Gasteiger partial charge is 0.366 e. The van der Waals surface area contributed by atoms with Crippen LogP contribution in [0.2, 0.25) is 0 Å². The fourth-order valence-electron chi connectivity index (χ4n) is 3.17. The molecule has 0 spiro atoms. The van der Waals surface area contributed by atoms with Crippen LogP contribution in [0.15, 0.2) is 18.2 Å². The summed E-state index contributed by atoms with van der Waals surface area (Å²) in [5.74, 6) is -0.149. The van der Waals surface area contributed by atoms with E-state index in [2.05, 4.69) is 12.2 Å². The van der Waals surface area contributed by atoms with Crippen molar-refractivity contribution in [2.24, 2.45) is 11.7 Å². The van der Waals surface area contributed by atoms with Crippen LogP contribution in [-0.2, 0) is 0 Å². The average Bonchev–Trinajstić information content (AvgIpc) is 2.99. The van der Waals surface area contributed by atoms with Crippen LogP contribution in [0.1, 0.15) is 65.3 Å². The first-order valence-electron chi connectivity index (χ1n) is 7.73. The number of ketones is 1. The highest BCUT2D eigenvalue weighted by molar-refractivity contribution is 6.03. The fourth-order valence-corrected chi connectivity index (χ4v) is 3.17. The molecule has 0 aliphatic carbocycles. The Labute approximate surface area is 126 Å². The van der Waals surface area contributed by atoms with Gasteiger partial charge in [0.15, 0.2) is 5.78 Å². The molecule has 0 saturated carbocycles. The summed E-state index contributed by atoms with van der Waals surface area (Å²) in [6.07, 6.45) is 2.78. The zero-order valence-electron chi connectivity index (χ0n) is 12.8. The van der Waals surface area contributed by atoms with Crippen molar-refractivity contribution in [1.29, 1.82) is 0 Å². The molecule has 0 radical (unpaired) electrons. The van der Waals surface area contributed by atoms with Crippen LogP contribution in [0.4, 0.5) is 0 Å². The number of nitrogens with two attached hydrogens (primary N) is 1. The van der Waals surface area contributed by atoms with Gasteiger partial charge in [-0.25, -0.2) is 0 Å². The van der Waals surface area contributed by atoms with Gasteiger partial charge in [-0.3, -0.25) is 9.59 Å². The number of amides is 1. The van der Waals surface area contributed by atoms with Gasteiger partial charge >= 0.3 is 0 Å². The summed E-state index contributed by atoms with van der Waals surface area (Å²) in [7, 11) is 0. The highest BCUT2D eigenvalue weighted by atomic mass is 16.1. The summed E-state index contributed by atoms with van der Waals surface area (Å²) in [4.78, 5) is 24.5. The average molecular weight is 288 g/mol. The maximum Gasteiger partial charge on any atom is 0.249 e. The third-order valence-electron chi connectivity index (χ3n) is 4.27. The quantitative estimate of drug-likeness (QED) is 0.790. The smallest absolute Gasteiger partial charge is 0.249 e. The highest BCUT2D eigenvalue weighted by Gasteiger charge is 2.28. The molecule has 0 bridgehead atoms. The first kappa shape index (κ1) is 15.7. The lowest BCUT2D eigenvalue weighted by atomic mass is 9.84. The minimum absolute atomic E-state index is 0.0220. The molecule has 2 atom stereocenters. The lowest BCUT2D eigenvalue weighted by Gasteiger charge is -2.19. The van der Waals surface area contributed by atoms with E-state index in [4.69, 9.17) is 5.73 Å². The molecular weight excluding hydrogens is 264 g/mol. The number of hydrogen-bond acceptors (Lipinski definition) is 3. The Bertz CT molecular complexity index is 534. The van der Waals surface area contributed by atoms with E-state index in [0.29, 0.717) is 11.1 Å². The second-order valence-corrected chi connectivity index (χ2v) is 5.87. The van der Waals surface area contributed by atoms with Crippen LogP contribution in [0.5, 0.6) is 0 Å². The molecule has 1 aromatic rings. The second-order valence-electron chi connectivity index (χ2n) is 5.87. The minimum Gasteiger partial charge on any atom is -0.366 e. The summed E-state index contributed by atoms with van der Waals surface area (Å²) in [6, 6.07) is 5.34. The van der Waals surface area contributed by atoms with Gasteiger partial charge in [0.25, 0.3) is 0 Å². The Balaban J connectivity index is 2.46. The van der Waals surface area contributed by atoms with E-state index < -0.39 is 5.91 Å². The van der Waals surface area contributed by atoms with Crippen LogP contribution in [0, 0.1) is 5.92 Å². The number of benzene rings is 1. The highest BCUT2D eigenvalue weighted by Crippen LogP contribution is 2.31. The molecule has 2 unspecified atom stereocenters. The summed E-state index contributed by atoms with van der Waals surface area (Å²) in [6.45, 7) is 5.74. The molecule has 3 N–H and O–H groups in total. The first-order chi connectivity index (χ1) is 10.1. The SMILES string of the molecule is CCCC(C)C(=O)c1cccc(C(N)=O)c1C1CCNC1. The van der Waals surface area contributed by atoms with Gasteiger partial charge in [-0.15, -0.1) is 0 Å². The van der Waals surface area contributed by atoms with Crippen molar-refractivity contribution in [2.45, 2.75) is 39.0 Å². The van der Waals surface area contributed by atoms with Crippen molar-refractivity contribution >= 4 is 11.7 Å². The number of nitrogens with one attached hydrogen (secondary N) is 1. The molecule has 2 rings (SSSR count). The monoisotopic (exact) mass is 288 g/mol. The Morgan fingerprint density at radius 3 is 2.67 bits per heavy atom. The lowest BCUT2D eigenvalue weighted by Crippen LogP contribution is -2.22. The van der Waals surface area contributed by atoms with Gasteiger partial charge in [0, 0.05) is 23.6 Å². The van der Waals surface area contributed by atoms with Crippen LogP contribution >= 0.6 is 0 Å². The van der Waals surface area contributed by atoms with E-state index in [1.807, 2.05) is 13.0 Å². The van der Waals surface area contributed by atoms with E-state index in [-0.39, 0.29) is 17.6 Å². The Kier molecular flexibility index (Phi) is 5.12. The van der Waals surface area contributed by atoms with Crippen LogP contribution in [0.25, 0.3) is 0 Å². The predicted molar refractivity (Wildman–Crippen MR) is 83.6 cm³/mol. The lowest BCUT2D eigenvalue weighted by molar-refractivity contribution is 0.0922. The first-order valence-corrected chi connectivity index (χ1v) is 7.73. The molecule has 4 nitrogen and oxygen atoms in total. The van der Waals surface area contributed by atoms with Crippen molar-refractivity contribution in [1.82, 2.24) is 5.32 Å². The molecule has 1 saturated heterocycles. The third-order valence-corrected chi connectivity index (χ3v) is 4.27. The maximum atomic E-state index is 12.7. The standard InChI is InChI=1S/C17H24N2O2/c1-3-5-11(2)16(20)13-6-4-7-14(17(18)21)15(13)12-8-9-19-10-12/h4,6-7,11-12,19H,3,5,8-10H2,1-2H3,(H2,18,21). The van der Waals surface area contributed by atoms with Gasteiger partial charge in [0.1, 0.15) is 0 Å². The molecule has 4 heteroatoms. The molecule has 21 heavy (non-hydrogen) atoms. The minimum atomic E-state index is -0.449. The van der Waals surface area contributed by atoms with Crippen LogP contribution < -0.4 is 11.1 Å². The Morgan fingerprint density at radius 2 is 2.10 bits per heavy atom. The van der Waals surface area contributed by atoms with Gasteiger partial charge in [0.05, 0.1) is 0 Å². The van der Waals surface area contributed by atoms with Gasteiger partial charge in [-0.2, -0.15) is 0 Å². The van der Waals surface area contributed by atoms with E-state index in [1.165, 1.54) is 0 Å². The fraction of sp³-hybridized carbons (Fsp3) is 0.529. The third kappa shape index (κ3) is 3.32. The number of primary amides is 1. The normalized spacial score (nSPS) is 19.4. The van der Waals surface area contributed by atoms with E-state index in [1.54, 1.807) is 12.1 Å². The zero-order chi connectivity index (χ0) is 15.4. The van der Waals surface area contributed by atoms with Crippen molar-refractivity contribution in [3.63, 3.8) is 0 Å². The molecule has 1 aliphatic heterocycles. The van der Waals surface area contributed by atoms with Crippen molar-refractivity contribution in [3.8, 4) is 0 Å². The van der Waals surface area contributed by atoms with Crippen LogP contribution in [-0.4, -0.2) is 24.8 Å². The molecule has 1 aliphatic rings. The van der Waals surface area contributed by atoms with E-state index >= 15 is 0 Å². The van der Waals surface area contributed by atoms with E-state index in [0.717, 1.165) is 37.9 Å². The molecule has 1 aromatic carbocycles. The van der Waals surface area contributed by atoms with Crippen molar-refractivity contribution < 1.29 is 9.59 Å². The second kappa shape index (κ2) is 6.85. The summed E-state index contributed by atoms with van der Waals surface area (Å²) in [5, 5.41) is 3.29. The molecule has 1 heterocycles. The van der Waals surface area contributed by atoms with Gasteiger partial charge in [-0.05, 0) is 36.9 Å². The summed E-state index contributed by atoms with van der Waals surface area (Å²) in [5.41, 5.74) is 7.55. The molecule has 0 aromatic heterocycles. The molecule has 1 fully saturated rings. The molecule has 114 valence electrons. The number of Topliss-reactive ketones (excluding diaryl/α,β-unsaturated/α-hetero) is 1. The molecule has 1 amide bonds. The predicted octanol–water partition coefficient (Wildman–Crippen LogP) is 2.48. The number of rotatable bonds is 6. The van der Waals surface area contributed by atoms with E-state index in [9.17, 15) is 9.59 Å². The number of carbonyl (C=O) groups is 2. The molecular formula is C17H24N2O2. The number of hydrogen-bond donors (Lipinski definition) is 2. The van der Waals surface area contributed by atoms with Gasteiger partial charge in [0.2, 0.25) is 5.91 Å².